The number of aliphatic hydroxyl groups excluding tert-OH is 1. The number of hydrogen-bond acceptors (Lipinski definition) is 4. The summed E-state index contributed by atoms with van der Waals surface area (Å²) < 4.78 is 1.96. The van der Waals surface area contributed by atoms with E-state index in [1.165, 1.54) is 6.92 Å². The Labute approximate surface area is 139 Å². The summed E-state index contributed by atoms with van der Waals surface area (Å²) in [4.78, 5) is 16.6. The van der Waals surface area contributed by atoms with Crippen molar-refractivity contribution in [1.29, 1.82) is 0 Å². The van der Waals surface area contributed by atoms with Gasteiger partial charge in [0.1, 0.15) is 11.4 Å². The van der Waals surface area contributed by atoms with Crippen molar-refractivity contribution in [3.63, 3.8) is 0 Å². The lowest BCUT2D eigenvalue weighted by Crippen LogP contribution is -2.25. The molecule has 0 radical (unpaired) electrons. The maximum Gasteiger partial charge on any atom is 0.256 e. The lowest BCUT2D eigenvalue weighted by molar-refractivity contribution is -0.00229. The zero-order valence-corrected chi connectivity index (χ0v) is 13.5. The van der Waals surface area contributed by atoms with Crippen LogP contribution in [0.3, 0.4) is 0 Å². The Morgan fingerprint density at radius 3 is 2.67 bits per heavy atom. The van der Waals surface area contributed by atoms with Gasteiger partial charge in [-0.15, -0.1) is 0 Å². The van der Waals surface area contributed by atoms with Gasteiger partial charge in [-0.3, -0.25) is 4.79 Å². The minimum absolute atomic E-state index is 0.286. The number of benzene rings is 1. The molecule has 6 nitrogen and oxygen atoms in total. The van der Waals surface area contributed by atoms with Crippen molar-refractivity contribution in [2.45, 2.75) is 12.5 Å². The second-order valence-electron chi connectivity index (χ2n) is 6.02. The molecule has 124 valence electrons. The number of amides is 1. The predicted molar refractivity (Wildman–Crippen MR) is 91.8 cm³/mol. The number of aryl methyl sites for hydroxylation is 1. The van der Waals surface area contributed by atoms with Crippen LogP contribution in [0.25, 0.3) is 10.9 Å². The third-order valence-corrected chi connectivity index (χ3v) is 4.09. The normalized spacial score (nSPS) is 13.7. The van der Waals surface area contributed by atoms with Crippen LogP contribution in [-0.4, -0.2) is 32.3 Å². The van der Waals surface area contributed by atoms with Crippen LogP contribution in [0.15, 0.2) is 48.8 Å². The molecule has 0 fully saturated rings. The van der Waals surface area contributed by atoms with Gasteiger partial charge >= 0.3 is 0 Å². The van der Waals surface area contributed by atoms with Gasteiger partial charge in [0.15, 0.2) is 0 Å². The van der Waals surface area contributed by atoms with Crippen LogP contribution >= 0.6 is 0 Å². The molecule has 1 atom stereocenters. The zero-order valence-electron chi connectivity index (χ0n) is 13.5. The molecule has 0 bridgehead atoms. The Morgan fingerprint density at radius 1 is 1.29 bits per heavy atom. The molecule has 1 aromatic carbocycles. The van der Waals surface area contributed by atoms with E-state index in [1.807, 2.05) is 29.9 Å². The summed E-state index contributed by atoms with van der Waals surface area (Å²) in [5, 5.41) is 22.9. The van der Waals surface area contributed by atoms with Crippen LogP contribution in [0.1, 0.15) is 22.8 Å². The average molecular weight is 325 g/mol. The molecule has 0 aliphatic heterocycles. The van der Waals surface area contributed by atoms with Crippen molar-refractivity contribution in [2.75, 3.05) is 11.9 Å². The molecule has 2 heterocycles. The first-order chi connectivity index (χ1) is 11.4. The van der Waals surface area contributed by atoms with Gasteiger partial charge in [-0.1, -0.05) is 12.1 Å². The molecule has 6 heteroatoms. The van der Waals surface area contributed by atoms with Crippen LogP contribution in [-0.2, 0) is 12.6 Å². The lowest BCUT2D eigenvalue weighted by atomic mass is 9.96. The molecule has 0 aliphatic rings. The summed E-state index contributed by atoms with van der Waals surface area (Å²) >= 11 is 0. The quantitative estimate of drug-likeness (QED) is 0.685. The first kappa shape index (κ1) is 16.2. The maximum absolute atomic E-state index is 12.3. The topological polar surface area (TPSA) is 87.4 Å². The summed E-state index contributed by atoms with van der Waals surface area (Å²) in [7, 11) is 1.93. The van der Waals surface area contributed by atoms with E-state index in [4.69, 9.17) is 0 Å². The van der Waals surface area contributed by atoms with Crippen molar-refractivity contribution in [3.8, 4) is 0 Å². The fourth-order valence-electron chi connectivity index (χ4n) is 2.49. The second kappa shape index (κ2) is 6.07. The van der Waals surface area contributed by atoms with E-state index in [0.29, 0.717) is 16.9 Å². The minimum Gasteiger partial charge on any atom is -0.393 e. The third kappa shape index (κ3) is 3.02. The minimum atomic E-state index is -1.33. The van der Waals surface area contributed by atoms with Crippen LogP contribution in [0, 0.1) is 0 Å². The van der Waals surface area contributed by atoms with Gasteiger partial charge in [0.2, 0.25) is 0 Å². The molecular weight excluding hydrogens is 306 g/mol. The highest BCUT2D eigenvalue weighted by molar-refractivity contribution is 6.04. The number of hydrogen-bond donors (Lipinski definition) is 3. The summed E-state index contributed by atoms with van der Waals surface area (Å²) in [5.74, 6) is 0.187. The van der Waals surface area contributed by atoms with Gasteiger partial charge in [-0.2, -0.15) is 0 Å². The summed E-state index contributed by atoms with van der Waals surface area (Å²) in [5.41, 5.74) is 0.648. The fraction of sp³-hybridized carbons (Fsp3) is 0.222. The second-order valence-corrected chi connectivity index (χ2v) is 6.02. The molecule has 0 aliphatic carbocycles. The molecule has 2 aromatic heterocycles. The molecule has 3 aromatic rings. The molecule has 3 N–H and O–H groups in total. The number of nitrogens with one attached hydrogen (secondary N) is 1. The van der Waals surface area contributed by atoms with Crippen molar-refractivity contribution >= 4 is 22.6 Å². The average Bonchev–Trinajstić information content (AvgIpc) is 2.96. The SMILES string of the molecule is Cn1ccc2cnc(NC(=O)c3ccc(C(C)(O)CO)cc3)cc21. The van der Waals surface area contributed by atoms with Gasteiger partial charge in [0, 0.05) is 36.5 Å². The van der Waals surface area contributed by atoms with Crippen LogP contribution in [0.5, 0.6) is 0 Å². The smallest absolute Gasteiger partial charge is 0.256 e. The number of pyridine rings is 1. The number of carbonyl (C=O) groups is 1. The monoisotopic (exact) mass is 325 g/mol. The Hall–Kier alpha value is -2.70. The number of nitrogens with zero attached hydrogens (tertiary/aromatic N) is 2. The van der Waals surface area contributed by atoms with E-state index < -0.39 is 5.60 Å². The van der Waals surface area contributed by atoms with Crippen LogP contribution in [0.4, 0.5) is 5.82 Å². The molecule has 0 spiro atoms. The van der Waals surface area contributed by atoms with Crippen LogP contribution in [0.2, 0.25) is 0 Å². The highest BCUT2D eigenvalue weighted by Gasteiger charge is 2.21. The number of fused-ring (bicyclic) bond motifs is 1. The fourth-order valence-corrected chi connectivity index (χ4v) is 2.49. The summed E-state index contributed by atoms with van der Waals surface area (Å²) in [6, 6.07) is 10.2. The standard InChI is InChI=1S/C18H19N3O3/c1-18(24,11-22)14-5-3-12(4-6-14)17(23)20-16-9-15-13(10-19-16)7-8-21(15)2/h3-10,22,24H,11H2,1-2H3,(H,19,20,23). The lowest BCUT2D eigenvalue weighted by Gasteiger charge is -2.20. The molecule has 3 rings (SSSR count). The largest absolute Gasteiger partial charge is 0.393 e. The van der Waals surface area contributed by atoms with Gasteiger partial charge in [-0.25, -0.2) is 4.98 Å². The number of aromatic nitrogens is 2. The van der Waals surface area contributed by atoms with E-state index in [9.17, 15) is 15.0 Å². The van der Waals surface area contributed by atoms with E-state index in [1.54, 1.807) is 30.5 Å². The van der Waals surface area contributed by atoms with Crippen molar-refractivity contribution in [3.05, 3.63) is 59.9 Å². The molecule has 0 saturated carbocycles. The number of rotatable bonds is 4. The summed E-state index contributed by atoms with van der Waals surface area (Å²) in [6.07, 6.45) is 3.65. The first-order valence-corrected chi connectivity index (χ1v) is 7.57. The first-order valence-electron chi connectivity index (χ1n) is 7.57. The molecule has 24 heavy (non-hydrogen) atoms. The maximum atomic E-state index is 12.3. The zero-order chi connectivity index (χ0) is 17.3. The molecular formula is C18H19N3O3. The third-order valence-electron chi connectivity index (χ3n) is 4.09. The highest BCUT2D eigenvalue weighted by Crippen LogP contribution is 2.21. The van der Waals surface area contributed by atoms with Crippen molar-refractivity contribution in [1.82, 2.24) is 9.55 Å². The van der Waals surface area contributed by atoms with Crippen molar-refractivity contribution in [2.24, 2.45) is 7.05 Å². The van der Waals surface area contributed by atoms with E-state index >= 15 is 0 Å². The summed E-state index contributed by atoms with van der Waals surface area (Å²) in [6.45, 7) is 1.13. The Kier molecular flexibility index (Phi) is 4.09. The predicted octanol–water partition coefficient (Wildman–Crippen LogP) is 2.03. The molecule has 1 unspecified atom stereocenters. The Bertz CT molecular complexity index is 882. The van der Waals surface area contributed by atoms with Gasteiger partial charge in [0.05, 0.1) is 12.1 Å². The van der Waals surface area contributed by atoms with E-state index in [2.05, 4.69) is 10.3 Å². The number of carbonyl (C=O) groups excluding carboxylic acids is 1. The highest BCUT2D eigenvalue weighted by atomic mass is 16.3. The van der Waals surface area contributed by atoms with E-state index in [-0.39, 0.29) is 12.5 Å². The van der Waals surface area contributed by atoms with Crippen molar-refractivity contribution < 1.29 is 15.0 Å². The Balaban J connectivity index is 1.79. The molecule has 0 saturated heterocycles. The van der Waals surface area contributed by atoms with Gasteiger partial charge in [-0.05, 0) is 30.7 Å². The number of anilines is 1. The van der Waals surface area contributed by atoms with Gasteiger partial charge in [0.25, 0.3) is 5.91 Å². The van der Waals surface area contributed by atoms with Crippen LogP contribution < -0.4 is 5.32 Å². The number of aliphatic hydroxyl groups is 2. The molecule has 1 amide bonds. The van der Waals surface area contributed by atoms with E-state index in [0.717, 1.165) is 10.9 Å². The Morgan fingerprint density at radius 2 is 2.00 bits per heavy atom. The van der Waals surface area contributed by atoms with Gasteiger partial charge < -0.3 is 20.1 Å².